The molecule has 0 bridgehead atoms. The van der Waals surface area contributed by atoms with Crippen LogP contribution in [0.3, 0.4) is 0 Å². The van der Waals surface area contributed by atoms with E-state index in [2.05, 4.69) is 0 Å². The minimum Gasteiger partial charge on any atom is -0.481 e. The summed E-state index contributed by atoms with van der Waals surface area (Å²) < 4.78 is 39.2. The molecule has 21 heavy (non-hydrogen) atoms. The number of hydrogen-bond donors (Lipinski definition) is 1. The number of halogens is 3. The fourth-order valence-electron chi connectivity index (χ4n) is 3.04. The molecule has 0 aromatic heterocycles. The second-order valence-corrected chi connectivity index (χ2v) is 5.85. The molecule has 2 amide bonds. The SMILES string of the molecule is CCC1CCN(C(=O)N2CCC(C(=O)O)(C(F)(F)F)C2)C1. The smallest absolute Gasteiger partial charge is 0.406 e. The molecule has 2 unspecified atom stereocenters. The van der Waals surface area contributed by atoms with Gasteiger partial charge in [-0.3, -0.25) is 4.79 Å². The lowest BCUT2D eigenvalue weighted by atomic mass is 9.86. The summed E-state index contributed by atoms with van der Waals surface area (Å²) in [5.74, 6) is -1.53. The maximum Gasteiger partial charge on any atom is 0.406 e. The normalized spacial score (nSPS) is 30.0. The first kappa shape index (κ1) is 15.9. The van der Waals surface area contributed by atoms with Gasteiger partial charge in [-0.2, -0.15) is 13.2 Å². The van der Waals surface area contributed by atoms with E-state index in [1.165, 1.54) is 4.90 Å². The molecule has 8 heteroatoms. The van der Waals surface area contributed by atoms with Crippen LogP contribution in [-0.4, -0.2) is 59.3 Å². The van der Waals surface area contributed by atoms with Crippen molar-refractivity contribution in [2.45, 2.75) is 32.4 Å². The number of aliphatic carboxylic acids is 1. The molecule has 2 rings (SSSR count). The Labute approximate surface area is 120 Å². The third kappa shape index (κ3) is 2.67. The summed E-state index contributed by atoms with van der Waals surface area (Å²) in [5, 5.41) is 8.97. The molecule has 2 atom stereocenters. The van der Waals surface area contributed by atoms with Crippen molar-refractivity contribution in [1.29, 1.82) is 0 Å². The van der Waals surface area contributed by atoms with Gasteiger partial charge in [-0.05, 0) is 18.8 Å². The van der Waals surface area contributed by atoms with Crippen LogP contribution in [0.2, 0.25) is 0 Å². The zero-order valence-electron chi connectivity index (χ0n) is 11.8. The first-order chi connectivity index (χ1) is 9.71. The van der Waals surface area contributed by atoms with E-state index in [0.717, 1.165) is 17.7 Å². The van der Waals surface area contributed by atoms with Gasteiger partial charge in [-0.15, -0.1) is 0 Å². The molecule has 0 aromatic carbocycles. The predicted molar refractivity (Wildman–Crippen MR) is 67.7 cm³/mol. The lowest BCUT2D eigenvalue weighted by molar-refractivity contribution is -0.227. The van der Waals surface area contributed by atoms with Crippen LogP contribution in [0.25, 0.3) is 0 Å². The summed E-state index contributed by atoms with van der Waals surface area (Å²) in [6.45, 7) is 2.11. The Hall–Kier alpha value is -1.47. The summed E-state index contributed by atoms with van der Waals surface area (Å²) in [4.78, 5) is 25.9. The van der Waals surface area contributed by atoms with Crippen LogP contribution >= 0.6 is 0 Å². The first-order valence-electron chi connectivity index (χ1n) is 7.05. The monoisotopic (exact) mass is 308 g/mol. The van der Waals surface area contributed by atoms with Crippen LogP contribution in [0.4, 0.5) is 18.0 Å². The molecule has 0 spiro atoms. The second-order valence-electron chi connectivity index (χ2n) is 5.85. The zero-order valence-corrected chi connectivity index (χ0v) is 11.8. The van der Waals surface area contributed by atoms with Crippen LogP contribution in [-0.2, 0) is 4.79 Å². The number of amides is 2. The summed E-state index contributed by atoms with van der Waals surface area (Å²) in [6.07, 6.45) is -3.67. The Balaban J connectivity index is 2.08. The van der Waals surface area contributed by atoms with Crippen molar-refractivity contribution < 1.29 is 27.9 Å². The molecule has 0 aliphatic carbocycles. The van der Waals surface area contributed by atoms with Crippen molar-refractivity contribution >= 4 is 12.0 Å². The van der Waals surface area contributed by atoms with E-state index in [0.29, 0.717) is 19.0 Å². The number of carbonyl (C=O) groups is 2. The van der Waals surface area contributed by atoms with E-state index in [9.17, 15) is 22.8 Å². The highest BCUT2D eigenvalue weighted by Gasteiger charge is 2.64. The lowest BCUT2D eigenvalue weighted by Crippen LogP contribution is -2.49. The zero-order chi connectivity index (χ0) is 15.8. The highest BCUT2D eigenvalue weighted by atomic mass is 19.4. The van der Waals surface area contributed by atoms with Crippen LogP contribution in [0.5, 0.6) is 0 Å². The molecular formula is C13H19F3N2O3. The van der Waals surface area contributed by atoms with Gasteiger partial charge in [0.15, 0.2) is 5.41 Å². The average Bonchev–Trinajstić information content (AvgIpc) is 3.04. The molecule has 2 heterocycles. The molecule has 2 aliphatic heterocycles. The number of carbonyl (C=O) groups excluding carboxylic acids is 1. The summed E-state index contributed by atoms with van der Waals surface area (Å²) in [7, 11) is 0. The quantitative estimate of drug-likeness (QED) is 0.850. The fourth-order valence-corrected chi connectivity index (χ4v) is 3.04. The third-order valence-electron chi connectivity index (χ3n) is 4.63. The van der Waals surface area contributed by atoms with Crippen LogP contribution < -0.4 is 0 Å². The minimum atomic E-state index is -4.86. The first-order valence-corrected chi connectivity index (χ1v) is 7.05. The van der Waals surface area contributed by atoms with Gasteiger partial charge >= 0.3 is 18.2 Å². The van der Waals surface area contributed by atoms with Crippen molar-refractivity contribution in [3.63, 3.8) is 0 Å². The average molecular weight is 308 g/mol. The lowest BCUT2D eigenvalue weighted by Gasteiger charge is -2.29. The van der Waals surface area contributed by atoms with Gasteiger partial charge in [-0.25, -0.2) is 4.79 Å². The molecule has 0 saturated carbocycles. The van der Waals surface area contributed by atoms with Gasteiger partial charge in [0.2, 0.25) is 0 Å². The summed E-state index contributed by atoms with van der Waals surface area (Å²) in [6, 6.07) is -0.474. The van der Waals surface area contributed by atoms with E-state index >= 15 is 0 Å². The minimum absolute atomic E-state index is 0.169. The van der Waals surface area contributed by atoms with Crippen molar-refractivity contribution in [3.8, 4) is 0 Å². The van der Waals surface area contributed by atoms with Gasteiger partial charge in [0.05, 0.1) is 0 Å². The number of alkyl halides is 3. The number of likely N-dealkylation sites (tertiary alicyclic amines) is 2. The number of hydrogen-bond acceptors (Lipinski definition) is 2. The van der Waals surface area contributed by atoms with Gasteiger partial charge in [0.1, 0.15) is 0 Å². The Bertz CT molecular complexity index is 441. The summed E-state index contributed by atoms with van der Waals surface area (Å²) >= 11 is 0. The number of nitrogens with zero attached hydrogens (tertiary/aromatic N) is 2. The highest BCUT2D eigenvalue weighted by Crippen LogP contribution is 2.46. The molecule has 1 N–H and O–H groups in total. The van der Waals surface area contributed by atoms with Crippen LogP contribution in [0, 0.1) is 11.3 Å². The molecule has 120 valence electrons. The van der Waals surface area contributed by atoms with E-state index in [-0.39, 0.29) is 6.54 Å². The maximum atomic E-state index is 13.1. The number of rotatable bonds is 2. The van der Waals surface area contributed by atoms with Crippen molar-refractivity contribution in [2.24, 2.45) is 11.3 Å². The summed E-state index contributed by atoms with van der Waals surface area (Å²) in [5.41, 5.74) is -2.83. The highest BCUT2D eigenvalue weighted by molar-refractivity contribution is 5.80. The van der Waals surface area contributed by atoms with E-state index in [1.807, 2.05) is 6.92 Å². The number of carboxylic acids is 1. The predicted octanol–water partition coefficient (Wildman–Crippen LogP) is 2.18. The molecule has 0 radical (unpaired) electrons. The van der Waals surface area contributed by atoms with Gasteiger partial charge in [0.25, 0.3) is 0 Å². The van der Waals surface area contributed by atoms with Gasteiger partial charge in [-0.1, -0.05) is 13.3 Å². The molecule has 5 nitrogen and oxygen atoms in total. The van der Waals surface area contributed by atoms with E-state index in [4.69, 9.17) is 5.11 Å². The maximum absolute atomic E-state index is 13.1. The Morgan fingerprint density at radius 3 is 2.38 bits per heavy atom. The standard InChI is InChI=1S/C13H19F3N2O3/c1-2-9-3-5-17(7-9)11(21)18-6-4-12(8-18,10(19)20)13(14,15)16/h9H,2-8H2,1H3,(H,19,20). The van der Waals surface area contributed by atoms with Crippen LogP contribution in [0.15, 0.2) is 0 Å². The molecule has 2 fully saturated rings. The van der Waals surface area contributed by atoms with E-state index in [1.54, 1.807) is 0 Å². The van der Waals surface area contributed by atoms with Crippen molar-refractivity contribution in [1.82, 2.24) is 9.80 Å². The third-order valence-corrected chi connectivity index (χ3v) is 4.63. The topological polar surface area (TPSA) is 60.9 Å². The van der Waals surface area contributed by atoms with Crippen LogP contribution in [0.1, 0.15) is 26.2 Å². The Morgan fingerprint density at radius 2 is 1.95 bits per heavy atom. The van der Waals surface area contributed by atoms with Crippen molar-refractivity contribution in [2.75, 3.05) is 26.2 Å². The van der Waals surface area contributed by atoms with E-state index < -0.39 is 36.6 Å². The largest absolute Gasteiger partial charge is 0.481 e. The Kier molecular flexibility index (Phi) is 4.08. The second kappa shape index (κ2) is 5.38. The Morgan fingerprint density at radius 1 is 1.29 bits per heavy atom. The van der Waals surface area contributed by atoms with Crippen molar-refractivity contribution in [3.05, 3.63) is 0 Å². The van der Waals surface area contributed by atoms with Gasteiger partial charge in [0, 0.05) is 26.2 Å². The molecular weight excluding hydrogens is 289 g/mol. The van der Waals surface area contributed by atoms with Gasteiger partial charge < -0.3 is 14.9 Å². The fraction of sp³-hybridized carbons (Fsp3) is 0.846. The molecule has 0 aromatic rings. The molecule has 2 aliphatic rings. The number of carboxylic acid groups (broad SMARTS) is 1. The number of urea groups is 1. The molecule has 2 saturated heterocycles.